The van der Waals surface area contributed by atoms with Crippen molar-refractivity contribution in [1.82, 2.24) is 9.78 Å². The minimum Gasteiger partial charge on any atom is -0.496 e. The molecule has 2 aromatic rings. The molecular weight excluding hydrogens is 284 g/mol. The summed E-state index contributed by atoms with van der Waals surface area (Å²) in [4.78, 5) is 2.44. The molecule has 2 N–H and O–H groups in total. The maximum absolute atomic E-state index is 5.84. The summed E-state index contributed by atoms with van der Waals surface area (Å²) >= 11 is 5.16. The van der Waals surface area contributed by atoms with Crippen LogP contribution < -0.4 is 15.4 Å². The number of anilines is 1. The molecule has 1 aromatic heterocycles. The molecule has 0 saturated carbocycles. The van der Waals surface area contributed by atoms with Gasteiger partial charge in [0, 0.05) is 26.2 Å². The van der Waals surface area contributed by atoms with Crippen LogP contribution in [0.4, 0.5) is 5.82 Å². The van der Waals surface area contributed by atoms with E-state index in [0.717, 1.165) is 28.4 Å². The zero-order valence-electron chi connectivity index (χ0n) is 12.8. The molecule has 6 heteroatoms. The monoisotopic (exact) mass is 304 g/mol. The number of methoxy groups -OCH3 is 1. The van der Waals surface area contributed by atoms with Crippen LogP contribution in [-0.4, -0.2) is 28.9 Å². The quantitative estimate of drug-likeness (QED) is 0.856. The van der Waals surface area contributed by atoms with Gasteiger partial charge in [0.15, 0.2) is 0 Å². The smallest absolute Gasteiger partial charge is 0.137 e. The fourth-order valence-corrected chi connectivity index (χ4v) is 2.78. The fraction of sp³-hybridized carbons (Fsp3) is 0.333. The van der Waals surface area contributed by atoms with Crippen LogP contribution in [0.25, 0.3) is 0 Å². The van der Waals surface area contributed by atoms with Crippen LogP contribution in [0.3, 0.4) is 0 Å². The van der Waals surface area contributed by atoms with Gasteiger partial charge in [0.1, 0.15) is 16.6 Å². The lowest BCUT2D eigenvalue weighted by molar-refractivity contribution is 0.409. The van der Waals surface area contributed by atoms with Gasteiger partial charge in [-0.15, -0.1) is 0 Å². The molecule has 5 nitrogen and oxygen atoms in total. The first-order chi connectivity index (χ1) is 9.95. The molecule has 0 unspecified atom stereocenters. The lowest BCUT2D eigenvalue weighted by Crippen LogP contribution is -2.23. The average Bonchev–Trinajstić information content (AvgIpc) is 2.74. The zero-order valence-corrected chi connectivity index (χ0v) is 13.6. The van der Waals surface area contributed by atoms with Crippen molar-refractivity contribution in [2.75, 3.05) is 19.1 Å². The summed E-state index contributed by atoms with van der Waals surface area (Å²) in [7, 11) is 5.56. The lowest BCUT2D eigenvalue weighted by Gasteiger charge is -2.22. The second-order valence-corrected chi connectivity index (χ2v) is 5.38. The topological polar surface area (TPSA) is 56.3 Å². The number of thiocarbonyl (C=S) groups is 1. The highest BCUT2D eigenvalue weighted by molar-refractivity contribution is 7.80. The van der Waals surface area contributed by atoms with Gasteiger partial charge in [-0.1, -0.05) is 30.4 Å². The van der Waals surface area contributed by atoms with Crippen LogP contribution in [0.1, 0.15) is 16.8 Å². The summed E-state index contributed by atoms with van der Waals surface area (Å²) < 4.78 is 7.20. The molecule has 0 spiro atoms. The van der Waals surface area contributed by atoms with Crippen LogP contribution in [-0.2, 0) is 13.6 Å². The Kier molecular flexibility index (Phi) is 4.47. The third kappa shape index (κ3) is 3.00. The third-order valence-corrected chi connectivity index (χ3v) is 3.60. The standard InChI is InChI=1S/C15H20N4OS/c1-10-13(14(16)21)15(19(3)17-10)18(2)9-11-7-5-6-8-12(11)20-4/h5-8H,9H2,1-4H3,(H2,16,21). The molecule has 0 aliphatic rings. The van der Waals surface area contributed by atoms with E-state index in [1.807, 2.05) is 45.3 Å². The Hall–Kier alpha value is -2.08. The molecule has 0 amide bonds. The number of benzene rings is 1. The van der Waals surface area contributed by atoms with E-state index in [9.17, 15) is 0 Å². The predicted molar refractivity (Wildman–Crippen MR) is 88.9 cm³/mol. The number of nitrogens with zero attached hydrogens (tertiary/aromatic N) is 3. The third-order valence-electron chi connectivity index (χ3n) is 3.40. The summed E-state index contributed by atoms with van der Waals surface area (Å²) in [6, 6.07) is 7.94. The van der Waals surface area contributed by atoms with E-state index in [1.54, 1.807) is 11.8 Å². The summed E-state index contributed by atoms with van der Waals surface area (Å²) in [5.41, 5.74) is 8.60. The Morgan fingerprint density at radius 3 is 2.71 bits per heavy atom. The number of rotatable bonds is 5. The molecule has 0 radical (unpaired) electrons. The van der Waals surface area contributed by atoms with Crippen molar-refractivity contribution in [3.63, 3.8) is 0 Å². The van der Waals surface area contributed by atoms with Crippen molar-refractivity contribution in [1.29, 1.82) is 0 Å². The first-order valence-electron chi connectivity index (χ1n) is 6.62. The van der Waals surface area contributed by atoms with Gasteiger partial charge in [-0.25, -0.2) is 0 Å². The van der Waals surface area contributed by atoms with Gasteiger partial charge in [0.05, 0.1) is 18.4 Å². The Balaban J connectivity index is 2.37. The van der Waals surface area contributed by atoms with Gasteiger partial charge in [0.2, 0.25) is 0 Å². The van der Waals surface area contributed by atoms with Crippen LogP contribution in [0.2, 0.25) is 0 Å². The minimum absolute atomic E-state index is 0.363. The molecular formula is C15H20N4OS. The maximum atomic E-state index is 5.84. The second kappa shape index (κ2) is 6.13. The minimum atomic E-state index is 0.363. The summed E-state index contributed by atoms with van der Waals surface area (Å²) in [5.74, 6) is 1.77. The van der Waals surface area contributed by atoms with E-state index in [1.165, 1.54) is 0 Å². The molecule has 0 atom stereocenters. The number of aromatic nitrogens is 2. The van der Waals surface area contributed by atoms with Gasteiger partial charge in [-0.05, 0) is 13.0 Å². The summed E-state index contributed by atoms with van der Waals surface area (Å²) in [6.45, 7) is 2.59. The van der Waals surface area contributed by atoms with Crippen LogP contribution in [0.5, 0.6) is 5.75 Å². The second-order valence-electron chi connectivity index (χ2n) is 4.94. The number of nitrogens with two attached hydrogens (primary N) is 1. The Bertz CT molecular complexity index is 666. The molecule has 0 aliphatic heterocycles. The molecule has 2 rings (SSSR count). The van der Waals surface area contributed by atoms with Gasteiger partial charge in [-0.3, -0.25) is 4.68 Å². The Labute approximate surface area is 130 Å². The molecule has 0 bridgehead atoms. The van der Waals surface area contributed by atoms with Crippen LogP contribution in [0, 0.1) is 6.92 Å². The van der Waals surface area contributed by atoms with Crippen molar-refractivity contribution < 1.29 is 4.74 Å². The molecule has 21 heavy (non-hydrogen) atoms. The SMILES string of the molecule is COc1ccccc1CN(C)c1c(C(N)=S)c(C)nn1C. The van der Waals surface area contributed by atoms with Crippen LogP contribution >= 0.6 is 12.2 Å². The molecule has 0 saturated heterocycles. The van der Waals surface area contributed by atoms with E-state index in [2.05, 4.69) is 10.00 Å². The van der Waals surface area contributed by atoms with Crippen molar-refractivity contribution in [2.45, 2.75) is 13.5 Å². The number of aryl methyl sites for hydroxylation is 2. The van der Waals surface area contributed by atoms with Crippen molar-refractivity contribution in [3.05, 3.63) is 41.1 Å². The maximum Gasteiger partial charge on any atom is 0.137 e. The normalized spacial score (nSPS) is 10.5. The molecule has 1 aromatic carbocycles. The highest BCUT2D eigenvalue weighted by Gasteiger charge is 2.19. The summed E-state index contributed by atoms with van der Waals surface area (Å²) in [6.07, 6.45) is 0. The van der Waals surface area contributed by atoms with Gasteiger partial charge in [-0.2, -0.15) is 5.10 Å². The molecule has 1 heterocycles. The van der Waals surface area contributed by atoms with E-state index in [-0.39, 0.29) is 0 Å². The van der Waals surface area contributed by atoms with Crippen LogP contribution in [0.15, 0.2) is 24.3 Å². The number of ether oxygens (including phenoxy) is 1. The first-order valence-corrected chi connectivity index (χ1v) is 7.03. The van der Waals surface area contributed by atoms with Gasteiger partial charge in [0.25, 0.3) is 0 Å². The predicted octanol–water partition coefficient (Wildman–Crippen LogP) is 2.01. The highest BCUT2D eigenvalue weighted by Crippen LogP contribution is 2.26. The highest BCUT2D eigenvalue weighted by atomic mass is 32.1. The average molecular weight is 304 g/mol. The van der Waals surface area contributed by atoms with E-state index < -0.39 is 0 Å². The number of hydrogen-bond donors (Lipinski definition) is 1. The van der Waals surface area contributed by atoms with Crippen molar-refractivity contribution >= 4 is 23.0 Å². The van der Waals surface area contributed by atoms with Gasteiger partial charge < -0.3 is 15.4 Å². The molecule has 0 aliphatic carbocycles. The fourth-order valence-electron chi connectivity index (χ4n) is 2.54. The molecule has 112 valence electrons. The molecule has 0 fully saturated rings. The van der Waals surface area contributed by atoms with E-state index >= 15 is 0 Å². The number of para-hydroxylation sites is 1. The lowest BCUT2D eigenvalue weighted by atomic mass is 10.1. The van der Waals surface area contributed by atoms with E-state index in [4.69, 9.17) is 22.7 Å². The largest absolute Gasteiger partial charge is 0.496 e. The van der Waals surface area contributed by atoms with Crippen molar-refractivity contribution in [2.24, 2.45) is 12.8 Å². The summed E-state index contributed by atoms with van der Waals surface area (Å²) in [5, 5.41) is 4.41. The first kappa shape index (κ1) is 15.3. The zero-order chi connectivity index (χ0) is 15.6. The van der Waals surface area contributed by atoms with Crippen molar-refractivity contribution in [3.8, 4) is 5.75 Å². The Morgan fingerprint density at radius 2 is 2.10 bits per heavy atom. The van der Waals surface area contributed by atoms with E-state index in [0.29, 0.717) is 11.5 Å². The number of hydrogen-bond acceptors (Lipinski definition) is 4. The van der Waals surface area contributed by atoms with Gasteiger partial charge >= 0.3 is 0 Å². The Morgan fingerprint density at radius 1 is 1.43 bits per heavy atom.